The van der Waals surface area contributed by atoms with Crippen LogP contribution >= 0.6 is 0 Å². The number of aliphatic hydroxyl groups excluding tert-OH is 1. The van der Waals surface area contributed by atoms with Crippen LogP contribution in [0.3, 0.4) is 0 Å². The third kappa shape index (κ3) is 6.87. The lowest BCUT2D eigenvalue weighted by Gasteiger charge is -2.40. The van der Waals surface area contributed by atoms with E-state index in [0.717, 1.165) is 12.8 Å². The molecule has 0 unspecified atom stereocenters. The number of allylic oxidation sites excluding steroid dienone is 1. The first kappa shape index (κ1) is 34.4. The van der Waals surface area contributed by atoms with Gasteiger partial charge in [-0.25, -0.2) is 0 Å². The molecule has 2 N–H and O–H groups in total. The Morgan fingerprint density at radius 2 is 1.96 bits per heavy atom. The summed E-state index contributed by atoms with van der Waals surface area (Å²) >= 11 is 0. The van der Waals surface area contributed by atoms with Gasteiger partial charge in [-0.3, -0.25) is 19.2 Å². The Labute approximate surface area is 266 Å². The van der Waals surface area contributed by atoms with Crippen molar-refractivity contribution in [3.63, 3.8) is 0 Å². The van der Waals surface area contributed by atoms with Crippen LogP contribution in [0, 0.1) is 17.8 Å². The molecule has 3 aliphatic heterocycles. The molecule has 246 valence electrons. The number of rotatable bonds is 17. The van der Waals surface area contributed by atoms with E-state index in [2.05, 4.69) is 18.5 Å². The van der Waals surface area contributed by atoms with Gasteiger partial charge in [0.05, 0.1) is 37.1 Å². The van der Waals surface area contributed by atoms with Crippen LogP contribution < -0.4 is 5.32 Å². The second-order valence-corrected chi connectivity index (χ2v) is 12.7. The zero-order valence-corrected chi connectivity index (χ0v) is 26.9. The maximum atomic E-state index is 14.4. The van der Waals surface area contributed by atoms with E-state index >= 15 is 0 Å². The molecule has 4 rings (SSSR count). The minimum absolute atomic E-state index is 0.0643. The molecule has 1 aromatic carbocycles. The van der Waals surface area contributed by atoms with E-state index in [0.29, 0.717) is 37.9 Å². The Morgan fingerprint density at radius 1 is 1.22 bits per heavy atom. The number of hydrogen-bond acceptors (Lipinski definition) is 7. The van der Waals surface area contributed by atoms with Crippen molar-refractivity contribution in [2.24, 2.45) is 17.8 Å². The van der Waals surface area contributed by atoms with Crippen molar-refractivity contribution in [2.45, 2.75) is 89.2 Å². The quantitative estimate of drug-likeness (QED) is 0.201. The largest absolute Gasteiger partial charge is 0.455 e. The molecular weight excluding hydrogens is 574 g/mol. The van der Waals surface area contributed by atoms with Gasteiger partial charge in [0.25, 0.3) is 0 Å². The second-order valence-electron chi connectivity index (χ2n) is 12.7. The zero-order valence-electron chi connectivity index (χ0n) is 26.9. The van der Waals surface area contributed by atoms with E-state index in [4.69, 9.17) is 9.47 Å². The van der Waals surface area contributed by atoms with E-state index in [1.165, 1.54) is 4.90 Å². The third-order valence-corrected chi connectivity index (χ3v) is 9.49. The van der Waals surface area contributed by atoms with Crippen molar-refractivity contribution in [3.05, 3.63) is 61.2 Å². The van der Waals surface area contributed by atoms with E-state index in [-0.39, 0.29) is 43.2 Å². The second kappa shape index (κ2) is 15.2. The number of fused-ring (bicyclic) bond motifs is 1. The summed E-state index contributed by atoms with van der Waals surface area (Å²) in [6.45, 7) is 13.9. The summed E-state index contributed by atoms with van der Waals surface area (Å²) in [4.78, 5) is 58.5. The highest BCUT2D eigenvalue weighted by molar-refractivity contribution is 5.98. The van der Waals surface area contributed by atoms with Gasteiger partial charge in [0.1, 0.15) is 17.7 Å². The number of carbonyl (C=O) groups is 4. The van der Waals surface area contributed by atoms with Gasteiger partial charge in [0.15, 0.2) is 0 Å². The lowest BCUT2D eigenvalue weighted by Crippen LogP contribution is -2.59. The lowest BCUT2D eigenvalue weighted by molar-refractivity contribution is -0.161. The van der Waals surface area contributed by atoms with Gasteiger partial charge in [0.2, 0.25) is 17.7 Å². The molecule has 3 heterocycles. The molecule has 0 saturated carbocycles. The SMILES string of the molecule is C=CCCC(=O)NC[C@H](OC(=O)[C@@H]1[C@H]2C(=O)N([C@@H](CO)C(C)C)[C@H](C(=O)N(CC=C)CCCC)[C@]23CC[C@H]1O3)c1ccccc1. The highest BCUT2D eigenvalue weighted by Crippen LogP contribution is 2.59. The van der Waals surface area contributed by atoms with Crippen LogP contribution in [0.2, 0.25) is 0 Å². The fourth-order valence-corrected chi connectivity index (χ4v) is 7.23. The summed E-state index contributed by atoms with van der Waals surface area (Å²) in [5.74, 6) is -3.41. The number of likely N-dealkylation sites (tertiary alicyclic amines) is 1. The van der Waals surface area contributed by atoms with Crippen LogP contribution in [-0.4, -0.2) is 88.6 Å². The average Bonchev–Trinajstić information content (AvgIpc) is 3.68. The summed E-state index contributed by atoms with van der Waals surface area (Å²) < 4.78 is 12.7. The monoisotopic (exact) mass is 623 g/mol. The Hall–Kier alpha value is -3.50. The number of ether oxygens (including phenoxy) is 2. The highest BCUT2D eigenvalue weighted by Gasteiger charge is 2.75. The van der Waals surface area contributed by atoms with Gasteiger partial charge >= 0.3 is 5.97 Å². The number of unbranched alkanes of at least 4 members (excludes halogenated alkanes) is 1. The summed E-state index contributed by atoms with van der Waals surface area (Å²) in [6, 6.07) is 7.53. The smallest absolute Gasteiger partial charge is 0.313 e. The number of esters is 1. The van der Waals surface area contributed by atoms with Gasteiger partial charge in [-0.1, -0.05) is 69.7 Å². The summed E-state index contributed by atoms with van der Waals surface area (Å²) in [6.07, 6.45) is 5.37. The van der Waals surface area contributed by atoms with E-state index in [1.54, 1.807) is 17.1 Å². The number of nitrogens with zero attached hydrogens (tertiary/aromatic N) is 2. The molecule has 0 radical (unpaired) electrons. The van der Waals surface area contributed by atoms with Crippen molar-refractivity contribution >= 4 is 23.7 Å². The van der Waals surface area contributed by atoms with Crippen LogP contribution in [0.5, 0.6) is 0 Å². The van der Waals surface area contributed by atoms with Gasteiger partial charge in [-0.2, -0.15) is 0 Å². The molecule has 10 heteroatoms. The molecule has 3 amide bonds. The van der Waals surface area contributed by atoms with Crippen molar-refractivity contribution in [2.75, 3.05) is 26.2 Å². The van der Waals surface area contributed by atoms with Gasteiger partial charge in [-0.15, -0.1) is 13.2 Å². The van der Waals surface area contributed by atoms with E-state index in [1.807, 2.05) is 51.1 Å². The fourth-order valence-electron chi connectivity index (χ4n) is 7.23. The number of carbonyl (C=O) groups excluding carboxylic acids is 4. The first-order chi connectivity index (χ1) is 21.6. The van der Waals surface area contributed by atoms with Crippen LogP contribution in [0.15, 0.2) is 55.6 Å². The van der Waals surface area contributed by atoms with Crippen LogP contribution in [0.4, 0.5) is 0 Å². The molecule has 3 saturated heterocycles. The molecule has 10 nitrogen and oxygen atoms in total. The highest BCUT2D eigenvalue weighted by atomic mass is 16.6. The van der Waals surface area contributed by atoms with Crippen molar-refractivity contribution < 1.29 is 33.8 Å². The maximum absolute atomic E-state index is 14.4. The number of nitrogens with one attached hydrogen (secondary N) is 1. The molecule has 2 bridgehead atoms. The minimum atomic E-state index is -1.21. The molecule has 1 spiro atoms. The molecule has 45 heavy (non-hydrogen) atoms. The van der Waals surface area contributed by atoms with Gasteiger partial charge < -0.3 is 29.7 Å². The Bertz CT molecular complexity index is 1240. The number of amides is 3. The number of benzene rings is 1. The molecule has 3 aliphatic rings. The maximum Gasteiger partial charge on any atom is 0.313 e. The zero-order chi connectivity index (χ0) is 32.7. The van der Waals surface area contributed by atoms with E-state index < -0.39 is 47.7 Å². The topological polar surface area (TPSA) is 125 Å². The van der Waals surface area contributed by atoms with Crippen molar-refractivity contribution in [1.82, 2.24) is 15.1 Å². The van der Waals surface area contributed by atoms with Crippen molar-refractivity contribution in [3.8, 4) is 0 Å². The van der Waals surface area contributed by atoms with Crippen LogP contribution in [0.25, 0.3) is 0 Å². The first-order valence-corrected chi connectivity index (χ1v) is 16.3. The standard InChI is InChI=1S/C35H49N3O7/c1-6-9-16-28(40)36-21-27(24-14-12-11-13-15-24)44-34(43)29-26-17-18-35(45-26)30(29)32(41)38(25(22-39)23(4)5)31(35)33(42)37(19-8-3)20-10-7-2/h6,8,11-15,23,25-27,29-31,39H,1,3,7,9-10,16-22H2,2,4-5H3,(H,36,40)/t25-,26+,27-,29-,30-,31+,35-/m0/s1. The summed E-state index contributed by atoms with van der Waals surface area (Å²) in [5.41, 5.74) is -0.505. The summed E-state index contributed by atoms with van der Waals surface area (Å²) in [7, 11) is 0. The first-order valence-electron chi connectivity index (χ1n) is 16.3. The predicted octanol–water partition coefficient (Wildman–Crippen LogP) is 3.56. The van der Waals surface area contributed by atoms with E-state index in [9.17, 15) is 24.3 Å². The molecular formula is C35H49N3O7. The predicted molar refractivity (Wildman–Crippen MR) is 170 cm³/mol. The number of hydrogen-bond donors (Lipinski definition) is 2. The van der Waals surface area contributed by atoms with Gasteiger partial charge in [-0.05, 0) is 37.2 Å². The average molecular weight is 624 g/mol. The Morgan fingerprint density at radius 3 is 2.58 bits per heavy atom. The van der Waals surface area contributed by atoms with Crippen LogP contribution in [-0.2, 0) is 28.7 Å². The normalized spacial score (nSPS) is 26.3. The fraction of sp³-hybridized carbons (Fsp3) is 0.600. The van der Waals surface area contributed by atoms with Crippen LogP contribution in [0.1, 0.15) is 71.0 Å². The van der Waals surface area contributed by atoms with Crippen molar-refractivity contribution in [1.29, 1.82) is 0 Å². The van der Waals surface area contributed by atoms with Gasteiger partial charge in [0, 0.05) is 19.5 Å². The molecule has 3 fully saturated rings. The summed E-state index contributed by atoms with van der Waals surface area (Å²) in [5, 5.41) is 13.3. The molecule has 1 aromatic rings. The molecule has 0 aliphatic carbocycles. The molecule has 7 atom stereocenters. The minimum Gasteiger partial charge on any atom is -0.455 e. The Kier molecular flexibility index (Phi) is 11.6. The third-order valence-electron chi connectivity index (χ3n) is 9.49. The lowest BCUT2D eigenvalue weighted by atomic mass is 9.70. The Balaban J connectivity index is 1.67. The molecule has 0 aromatic heterocycles. The number of aliphatic hydroxyl groups is 1.